The average Bonchev–Trinajstić information content (AvgIpc) is 3.09. The van der Waals surface area contributed by atoms with E-state index in [1.807, 2.05) is 35.3 Å². The summed E-state index contributed by atoms with van der Waals surface area (Å²) in [5.41, 5.74) is 3.08. The summed E-state index contributed by atoms with van der Waals surface area (Å²) in [4.78, 5) is 40.3. The fraction of sp³-hybridized carbons (Fsp3) is 0.280. The zero-order valence-electron chi connectivity index (χ0n) is 17.5. The molecular weight excluding hydrogens is 406 g/mol. The number of anilines is 2. The number of nitrogens with zero attached hydrogens (tertiary/aromatic N) is 3. The van der Waals surface area contributed by atoms with Crippen molar-refractivity contribution in [3.8, 4) is 0 Å². The van der Waals surface area contributed by atoms with Crippen LogP contribution >= 0.6 is 0 Å². The Hall–Kier alpha value is -3.74. The van der Waals surface area contributed by atoms with Crippen LogP contribution in [0.2, 0.25) is 0 Å². The maximum absolute atomic E-state index is 12.9. The second kappa shape index (κ2) is 8.07. The summed E-state index contributed by atoms with van der Waals surface area (Å²) in [6.07, 6.45) is 7.81. The van der Waals surface area contributed by atoms with Gasteiger partial charge in [0, 0.05) is 19.2 Å². The minimum absolute atomic E-state index is 0.0901. The van der Waals surface area contributed by atoms with Crippen molar-refractivity contribution in [2.24, 2.45) is 11.8 Å². The lowest BCUT2D eigenvalue weighted by Gasteiger charge is -2.28. The number of hydrogen-bond donors (Lipinski definition) is 0. The van der Waals surface area contributed by atoms with Crippen LogP contribution in [0.25, 0.3) is 5.57 Å². The van der Waals surface area contributed by atoms with Crippen LogP contribution in [0.3, 0.4) is 0 Å². The number of fused-ring (bicyclic) bond motifs is 1. The van der Waals surface area contributed by atoms with E-state index < -0.39 is 4.92 Å². The number of amides is 2. The first kappa shape index (κ1) is 20.2. The molecule has 0 aromatic heterocycles. The highest BCUT2D eigenvalue weighted by Crippen LogP contribution is 2.40. The number of allylic oxidation sites excluding steroid dienone is 2. The number of rotatable bonds is 4. The molecule has 2 aliphatic heterocycles. The highest BCUT2D eigenvalue weighted by molar-refractivity contribution is 6.22. The molecule has 3 aliphatic rings. The summed E-state index contributed by atoms with van der Waals surface area (Å²) in [5.74, 6) is -1.26. The zero-order valence-corrected chi connectivity index (χ0v) is 17.5. The van der Waals surface area contributed by atoms with Gasteiger partial charge in [0.1, 0.15) is 5.69 Å². The molecule has 7 heteroatoms. The number of hydrogen-bond acceptors (Lipinski definition) is 5. The van der Waals surface area contributed by atoms with E-state index in [1.54, 1.807) is 12.1 Å². The van der Waals surface area contributed by atoms with Crippen LogP contribution in [0.5, 0.6) is 0 Å². The maximum Gasteiger partial charge on any atom is 0.294 e. The number of nitro groups is 1. The largest absolute Gasteiger partial charge is 0.362 e. The molecule has 32 heavy (non-hydrogen) atoms. The lowest BCUT2D eigenvalue weighted by Crippen LogP contribution is -2.31. The van der Waals surface area contributed by atoms with Crippen molar-refractivity contribution in [1.29, 1.82) is 0 Å². The van der Waals surface area contributed by atoms with Crippen LogP contribution in [0.4, 0.5) is 17.1 Å². The molecule has 7 nitrogen and oxygen atoms in total. The second-order valence-electron chi connectivity index (χ2n) is 8.39. The molecule has 1 saturated heterocycles. The molecule has 0 N–H and O–H groups in total. The number of carbonyl (C=O) groups excluding carboxylic acids is 2. The molecule has 2 heterocycles. The zero-order chi connectivity index (χ0) is 22.2. The Morgan fingerprint density at radius 2 is 1.62 bits per heavy atom. The molecule has 2 amide bonds. The normalized spacial score (nSPS) is 22.7. The number of carbonyl (C=O) groups is 2. The third kappa shape index (κ3) is 3.39. The van der Waals surface area contributed by atoms with Crippen molar-refractivity contribution in [1.82, 2.24) is 0 Å². The first-order chi connectivity index (χ1) is 15.5. The Labute approximate surface area is 185 Å². The van der Waals surface area contributed by atoms with Crippen LogP contribution in [0, 0.1) is 22.0 Å². The highest BCUT2D eigenvalue weighted by atomic mass is 16.6. The van der Waals surface area contributed by atoms with Gasteiger partial charge >= 0.3 is 0 Å². The number of nitro benzene ring substituents is 1. The molecule has 1 aliphatic carbocycles. The summed E-state index contributed by atoms with van der Waals surface area (Å²) >= 11 is 0. The van der Waals surface area contributed by atoms with Gasteiger partial charge in [0.15, 0.2) is 0 Å². The molecule has 5 rings (SSSR count). The van der Waals surface area contributed by atoms with Crippen LogP contribution < -0.4 is 9.80 Å². The van der Waals surface area contributed by atoms with Gasteiger partial charge in [0.2, 0.25) is 11.8 Å². The summed E-state index contributed by atoms with van der Waals surface area (Å²) in [6, 6.07) is 14.8. The summed E-state index contributed by atoms with van der Waals surface area (Å²) in [6.45, 7) is 1.21. The van der Waals surface area contributed by atoms with Crippen LogP contribution in [-0.4, -0.2) is 29.8 Å². The first-order valence-electron chi connectivity index (χ1n) is 10.9. The van der Waals surface area contributed by atoms with Crippen molar-refractivity contribution in [2.75, 3.05) is 22.9 Å². The van der Waals surface area contributed by atoms with Gasteiger partial charge in [0.05, 0.1) is 22.4 Å². The van der Waals surface area contributed by atoms with Gasteiger partial charge in [-0.1, -0.05) is 48.6 Å². The van der Waals surface area contributed by atoms with Gasteiger partial charge in [-0.3, -0.25) is 19.7 Å². The van der Waals surface area contributed by atoms with E-state index >= 15 is 0 Å². The number of benzene rings is 2. The molecule has 2 aromatic carbocycles. The van der Waals surface area contributed by atoms with Crippen molar-refractivity contribution in [3.63, 3.8) is 0 Å². The molecule has 162 valence electrons. The third-order valence-electron chi connectivity index (χ3n) is 6.62. The fourth-order valence-corrected chi connectivity index (χ4v) is 4.92. The first-order valence-corrected chi connectivity index (χ1v) is 10.9. The Balaban J connectivity index is 1.42. The molecule has 0 spiro atoms. The third-order valence-corrected chi connectivity index (χ3v) is 6.62. The lowest BCUT2D eigenvalue weighted by molar-refractivity contribution is -0.384. The van der Waals surface area contributed by atoms with E-state index in [9.17, 15) is 19.7 Å². The van der Waals surface area contributed by atoms with E-state index in [-0.39, 0.29) is 35.0 Å². The molecule has 0 radical (unpaired) electrons. The predicted molar refractivity (Wildman–Crippen MR) is 122 cm³/mol. The minimum atomic E-state index is -0.436. The van der Waals surface area contributed by atoms with E-state index in [4.69, 9.17) is 0 Å². The molecule has 1 fully saturated rings. The van der Waals surface area contributed by atoms with Gasteiger partial charge in [-0.15, -0.1) is 0 Å². The smallest absolute Gasteiger partial charge is 0.294 e. The summed E-state index contributed by atoms with van der Waals surface area (Å²) < 4.78 is 0. The standard InChI is InChI=1S/C25H23N3O4/c29-24-20-8-4-5-9-21(20)25(30)27(24)19-10-11-22(23(16-19)28(31)32)26-14-12-18(13-15-26)17-6-2-1-3-7-17/h1-7,10-12,16,20-21H,8-9,13-15H2/t20-,21+. The Morgan fingerprint density at radius 1 is 0.938 bits per heavy atom. The molecule has 2 atom stereocenters. The van der Waals surface area contributed by atoms with Gasteiger partial charge in [-0.25, -0.2) is 4.90 Å². The van der Waals surface area contributed by atoms with E-state index in [1.165, 1.54) is 17.2 Å². The fourth-order valence-electron chi connectivity index (χ4n) is 4.92. The van der Waals surface area contributed by atoms with Gasteiger partial charge in [-0.05, 0) is 42.5 Å². The van der Waals surface area contributed by atoms with Crippen LogP contribution in [0.15, 0.2) is 66.8 Å². The maximum atomic E-state index is 12.9. The lowest BCUT2D eigenvalue weighted by atomic mass is 9.85. The average molecular weight is 429 g/mol. The molecule has 0 unspecified atom stereocenters. The number of imide groups is 1. The molecule has 0 bridgehead atoms. The van der Waals surface area contributed by atoms with Crippen molar-refractivity contribution in [3.05, 3.63) is 82.4 Å². The van der Waals surface area contributed by atoms with Crippen LogP contribution in [0.1, 0.15) is 24.8 Å². The van der Waals surface area contributed by atoms with E-state index in [2.05, 4.69) is 18.2 Å². The van der Waals surface area contributed by atoms with E-state index in [0.717, 1.165) is 11.3 Å². The molecular formula is C25H23N3O4. The summed E-state index contributed by atoms with van der Waals surface area (Å²) in [5, 5.41) is 11.9. The van der Waals surface area contributed by atoms with Gasteiger partial charge in [0.25, 0.3) is 5.69 Å². The molecule has 2 aromatic rings. The minimum Gasteiger partial charge on any atom is -0.362 e. The monoisotopic (exact) mass is 429 g/mol. The SMILES string of the molecule is O=C1[C@H]2CC=CC[C@H]2C(=O)N1c1ccc(N2CC=C(c3ccccc3)CC2)c([N+](=O)[O-])c1. The van der Waals surface area contributed by atoms with Gasteiger partial charge < -0.3 is 4.90 Å². The topological polar surface area (TPSA) is 83.8 Å². The van der Waals surface area contributed by atoms with Crippen molar-refractivity contribution >= 4 is 34.4 Å². The Bertz CT molecular complexity index is 1130. The predicted octanol–water partition coefficient (Wildman–Crippen LogP) is 4.34. The van der Waals surface area contributed by atoms with Crippen molar-refractivity contribution in [2.45, 2.75) is 19.3 Å². The van der Waals surface area contributed by atoms with Crippen LogP contribution in [-0.2, 0) is 9.59 Å². The van der Waals surface area contributed by atoms with E-state index in [0.29, 0.717) is 31.6 Å². The van der Waals surface area contributed by atoms with Gasteiger partial charge in [-0.2, -0.15) is 0 Å². The van der Waals surface area contributed by atoms with Crippen molar-refractivity contribution < 1.29 is 14.5 Å². The summed E-state index contributed by atoms with van der Waals surface area (Å²) in [7, 11) is 0. The quantitative estimate of drug-likeness (QED) is 0.312. The Morgan fingerprint density at radius 3 is 2.22 bits per heavy atom. The highest BCUT2D eigenvalue weighted by Gasteiger charge is 2.48. The molecule has 0 saturated carbocycles. The second-order valence-corrected chi connectivity index (χ2v) is 8.39. The Kier molecular flexibility index (Phi) is 5.09.